The van der Waals surface area contributed by atoms with Crippen LogP contribution in [0, 0.1) is 0 Å². The molecule has 0 N–H and O–H groups in total. The van der Waals surface area contributed by atoms with Crippen LogP contribution in [0.15, 0.2) is 42.7 Å². The Morgan fingerprint density at radius 3 is 2.68 bits per heavy atom. The van der Waals surface area contributed by atoms with Crippen LogP contribution in [0.5, 0.6) is 0 Å². The first kappa shape index (κ1) is 17.6. The molecule has 0 radical (unpaired) electrons. The molecule has 1 aliphatic rings. The van der Waals surface area contributed by atoms with Gasteiger partial charge in [-0.2, -0.15) is 5.10 Å². The molecule has 2 aromatic rings. The molecule has 1 fully saturated rings. The number of carbonyl (C=O) groups excluding carboxylic acids is 1. The number of para-hydroxylation sites is 1. The van der Waals surface area contributed by atoms with E-state index in [1.54, 1.807) is 4.90 Å². The maximum atomic E-state index is 12.5. The van der Waals surface area contributed by atoms with Crippen molar-refractivity contribution in [1.82, 2.24) is 24.5 Å². The van der Waals surface area contributed by atoms with E-state index in [1.807, 2.05) is 54.5 Å². The van der Waals surface area contributed by atoms with E-state index in [0.29, 0.717) is 19.1 Å². The molecule has 0 spiro atoms. The Kier molecular flexibility index (Phi) is 5.50. The lowest BCUT2D eigenvalue weighted by Gasteiger charge is -2.22. The fourth-order valence-electron chi connectivity index (χ4n) is 3.22. The van der Waals surface area contributed by atoms with Gasteiger partial charge in [0.1, 0.15) is 0 Å². The van der Waals surface area contributed by atoms with Gasteiger partial charge in [-0.1, -0.05) is 18.2 Å². The minimum Gasteiger partial charge on any atom is -0.340 e. The van der Waals surface area contributed by atoms with Crippen LogP contribution in [0.3, 0.4) is 0 Å². The fraction of sp³-hybridized carbons (Fsp3) is 0.474. The largest absolute Gasteiger partial charge is 0.340 e. The first-order valence-electron chi connectivity index (χ1n) is 8.74. The number of hydrogen-bond acceptors (Lipinski definition) is 4. The summed E-state index contributed by atoms with van der Waals surface area (Å²) in [6.45, 7) is 3.04. The fourth-order valence-corrected chi connectivity index (χ4v) is 3.22. The minimum absolute atomic E-state index is 0.159. The molecule has 0 saturated carbocycles. The molecule has 0 aliphatic carbocycles. The van der Waals surface area contributed by atoms with Crippen molar-refractivity contribution in [2.24, 2.45) is 0 Å². The highest BCUT2D eigenvalue weighted by atomic mass is 16.2. The van der Waals surface area contributed by atoms with E-state index in [-0.39, 0.29) is 5.91 Å². The Morgan fingerprint density at radius 2 is 2.00 bits per heavy atom. The van der Waals surface area contributed by atoms with Crippen LogP contribution < -0.4 is 0 Å². The van der Waals surface area contributed by atoms with Crippen molar-refractivity contribution in [2.75, 3.05) is 40.8 Å². The highest BCUT2D eigenvalue weighted by Gasteiger charge is 2.26. The third kappa shape index (κ3) is 4.46. The first-order valence-corrected chi connectivity index (χ1v) is 8.74. The number of carbonyl (C=O) groups is 1. The van der Waals surface area contributed by atoms with E-state index in [1.165, 1.54) is 0 Å². The molecule has 1 aromatic heterocycles. The average molecular weight is 341 g/mol. The lowest BCUT2D eigenvalue weighted by atomic mass is 10.2. The number of likely N-dealkylation sites (N-methyl/N-ethyl adjacent to an activating group) is 2. The van der Waals surface area contributed by atoms with Crippen LogP contribution in [0.1, 0.15) is 12.0 Å². The Labute approximate surface area is 149 Å². The zero-order chi connectivity index (χ0) is 17.8. The highest BCUT2D eigenvalue weighted by Crippen LogP contribution is 2.14. The second kappa shape index (κ2) is 7.80. The molecule has 3 rings (SSSR count). The molecule has 1 amide bonds. The summed E-state index contributed by atoms with van der Waals surface area (Å²) in [7, 11) is 6.07. The number of benzene rings is 1. The monoisotopic (exact) mass is 341 g/mol. The molecule has 1 atom stereocenters. The van der Waals surface area contributed by atoms with Gasteiger partial charge in [-0.3, -0.25) is 9.69 Å². The standard InChI is InChI=1S/C19H27N5O/c1-21(2)18-9-10-23(14-18)15-19(25)22(3)12-16-11-20-24(13-16)17-7-5-4-6-8-17/h4-8,11,13,18H,9-10,12,14-15H2,1-3H3. The van der Waals surface area contributed by atoms with Crippen LogP contribution in [0.2, 0.25) is 0 Å². The summed E-state index contributed by atoms with van der Waals surface area (Å²) in [5.74, 6) is 0.159. The van der Waals surface area contributed by atoms with Crippen molar-refractivity contribution >= 4 is 5.91 Å². The van der Waals surface area contributed by atoms with Crippen LogP contribution >= 0.6 is 0 Å². The van der Waals surface area contributed by atoms with Crippen LogP contribution in [-0.4, -0.2) is 77.2 Å². The molecule has 25 heavy (non-hydrogen) atoms. The Balaban J connectivity index is 1.53. The molecule has 6 nitrogen and oxygen atoms in total. The second-order valence-electron chi connectivity index (χ2n) is 7.02. The van der Waals surface area contributed by atoms with Gasteiger partial charge < -0.3 is 9.80 Å². The third-order valence-corrected chi connectivity index (χ3v) is 4.84. The van der Waals surface area contributed by atoms with Gasteiger partial charge in [-0.05, 0) is 32.6 Å². The number of nitrogens with zero attached hydrogens (tertiary/aromatic N) is 5. The zero-order valence-electron chi connectivity index (χ0n) is 15.3. The lowest BCUT2D eigenvalue weighted by molar-refractivity contribution is -0.131. The van der Waals surface area contributed by atoms with Gasteiger partial charge in [0.25, 0.3) is 0 Å². The van der Waals surface area contributed by atoms with E-state index in [0.717, 1.165) is 30.8 Å². The second-order valence-corrected chi connectivity index (χ2v) is 7.02. The third-order valence-electron chi connectivity index (χ3n) is 4.84. The predicted molar refractivity (Wildman–Crippen MR) is 98.6 cm³/mol. The Bertz CT molecular complexity index is 697. The van der Waals surface area contributed by atoms with Gasteiger partial charge in [-0.15, -0.1) is 0 Å². The van der Waals surface area contributed by atoms with Crippen LogP contribution in [0.25, 0.3) is 5.69 Å². The number of hydrogen-bond donors (Lipinski definition) is 0. The Morgan fingerprint density at radius 1 is 1.24 bits per heavy atom. The number of likely N-dealkylation sites (tertiary alicyclic amines) is 1. The van der Waals surface area contributed by atoms with E-state index in [2.05, 4.69) is 29.0 Å². The van der Waals surface area contributed by atoms with Crippen molar-refractivity contribution in [1.29, 1.82) is 0 Å². The van der Waals surface area contributed by atoms with Crippen molar-refractivity contribution in [3.05, 3.63) is 48.3 Å². The van der Waals surface area contributed by atoms with Gasteiger partial charge in [0.15, 0.2) is 0 Å². The molecular weight excluding hydrogens is 314 g/mol. The molecule has 1 aliphatic heterocycles. The van der Waals surface area contributed by atoms with Crippen molar-refractivity contribution in [2.45, 2.75) is 19.0 Å². The average Bonchev–Trinajstić information content (AvgIpc) is 3.25. The first-order chi connectivity index (χ1) is 12.0. The molecule has 134 valence electrons. The molecule has 1 saturated heterocycles. The molecule has 0 bridgehead atoms. The predicted octanol–water partition coefficient (Wildman–Crippen LogP) is 1.47. The van der Waals surface area contributed by atoms with Crippen molar-refractivity contribution in [3.8, 4) is 5.69 Å². The number of rotatable bonds is 6. The van der Waals surface area contributed by atoms with E-state index < -0.39 is 0 Å². The van der Waals surface area contributed by atoms with Crippen molar-refractivity contribution in [3.63, 3.8) is 0 Å². The molecule has 2 heterocycles. The summed E-state index contributed by atoms with van der Waals surface area (Å²) in [4.78, 5) is 18.8. The minimum atomic E-state index is 0.159. The zero-order valence-corrected chi connectivity index (χ0v) is 15.3. The molecule has 1 aromatic carbocycles. The highest BCUT2D eigenvalue weighted by molar-refractivity contribution is 5.78. The van der Waals surface area contributed by atoms with Crippen LogP contribution in [0.4, 0.5) is 0 Å². The van der Waals surface area contributed by atoms with Crippen LogP contribution in [-0.2, 0) is 11.3 Å². The van der Waals surface area contributed by atoms with E-state index in [9.17, 15) is 4.79 Å². The Hall–Kier alpha value is -2.18. The summed E-state index contributed by atoms with van der Waals surface area (Å²) in [6, 6.07) is 10.6. The topological polar surface area (TPSA) is 44.6 Å². The van der Waals surface area contributed by atoms with Gasteiger partial charge in [0.05, 0.1) is 18.4 Å². The molecule has 1 unspecified atom stereocenters. The SMILES string of the molecule is CN(Cc1cnn(-c2ccccc2)c1)C(=O)CN1CCC(N(C)C)C1. The van der Waals surface area contributed by atoms with Gasteiger partial charge >= 0.3 is 0 Å². The number of amides is 1. The summed E-state index contributed by atoms with van der Waals surface area (Å²) < 4.78 is 1.84. The van der Waals surface area contributed by atoms with Crippen molar-refractivity contribution < 1.29 is 4.79 Å². The maximum Gasteiger partial charge on any atom is 0.236 e. The smallest absolute Gasteiger partial charge is 0.236 e. The summed E-state index contributed by atoms with van der Waals surface area (Å²) in [5, 5.41) is 4.39. The summed E-state index contributed by atoms with van der Waals surface area (Å²) in [5.41, 5.74) is 2.06. The van der Waals surface area contributed by atoms with Gasteiger partial charge in [0.2, 0.25) is 5.91 Å². The molecule has 6 heteroatoms. The maximum absolute atomic E-state index is 12.5. The molecular formula is C19H27N5O. The summed E-state index contributed by atoms with van der Waals surface area (Å²) >= 11 is 0. The summed E-state index contributed by atoms with van der Waals surface area (Å²) in [6.07, 6.45) is 4.94. The van der Waals surface area contributed by atoms with E-state index >= 15 is 0 Å². The quantitative estimate of drug-likeness (QED) is 0.798. The lowest BCUT2D eigenvalue weighted by Crippen LogP contribution is -2.38. The van der Waals surface area contributed by atoms with Gasteiger partial charge in [0, 0.05) is 44.5 Å². The van der Waals surface area contributed by atoms with Gasteiger partial charge in [-0.25, -0.2) is 4.68 Å². The van der Waals surface area contributed by atoms with E-state index in [4.69, 9.17) is 0 Å². The normalized spacial score (nSPS) is 18.0. The number of aromatic nitrogens is 2.